The van der Waals surface area contributed by atoms with Crippen molar-refractivity contribution < 1.29 is 18.7 Å². The van der Waals surface area contributed by atoms with Gasteiger partial charge in [0.05, 0.1) is 6.26 Å². The van der Waals surface area contributed by atoms with Gasteiger partial charge in [-0.05, 0) is 25.1 Å². The number of nitrogens with one attached hydrogen (secondary N) is 1. The zero-order valence-electron chi connectivity index (χ0n) is 8.93. The highest BCUT2D eigenvalue weighted by atomic mass is 16.5. The maximum Gasteiger partial charge on any atom is 0.331 e. The summed E-state index contributed by atoms with van der Waals surface area (Å²) in [5.41, 5.74) is 0. The molecular weight excluding hydrogens is 210 g/mol. The van der Waals surface area contributed by atoms with E-state index in [2.05, 4.69) is 10.1 Å². The lowest BCUT2D eigenvalue weighted by Gasteiger charge is -2.01. The van der Waals surface area contributed by atoms with Gasteiger partial charge in [0.15, 0.2) is 6.61 Å². The number of carbonyl (C=O) groups excluding carboxylic acids is 2. The van der Waals surface area contributed by atoms with Crippen LogP contribution in [0.4, 0.5) is 0 Å². The molecule has 1 aromatic rings. The Morgan fingerprint density at radius 3 is 3.00 bits per heavy atom. The first-order valence-electron chi connectivity index (χ1n) is 4.87. The van der Waals surface area contributed by atoms with Crippen LogP contribution in [-0.2, 0) is 14.3 Å². The molecule has 0 saturated carbocycles. The molecule has 0 spiro atoms. The number of carbonyl (C=O) groups is 2. The zero-order chi connectivity index (χ0) is 11.8. The summed E-state index contributed by atoms with van der Waals surface area (Å²) in [6.45, 7) is 2.03. The zero-order valence-corrected chi connectivity index (χ0v) is 8.93. The van der Waals surface area contributed by atoms with Crippen molar-refractivity contribution in [2.24, 2.45) is 0 Å². The molecule has 16 heavy (non-hydrogen) atoms. The van der Waals surface area contributed by atoms with Gasteiger partial charge in [0.1, 0.15) is 5.76 Å². The Labute approximate surface area is 93.1 Å². The van der Waals surface area contributed by atoms with Crippen LogP contribution in [-0.4, -0.2) is 25.0 Å². The van der Waals surface area contributed by atoms with E-state index in [0.717, 1.165) is 0 Å². The molecule has 1 amide bonds. The second kappa shape index (κ2) is 6.44. The molecule has 0 fully saturated rings. The molecule has 1 aromatic heterocycles. The van der Waals surface area contributed by atoms with E-state index in [4.69, 9.17) is 4.42 Å². The van der Waals surface area contributed by atoms with Crippen molar-refractivity contribution in [1.29, 1.82) is 0 Å². The Balaban J connectivity index is 2.28. The molecule has 0 aliphatic rings. The number of esters is 1. The summed E-state index contributed by atoms with van der Waals surface area (Å²) in [6, 6.07) is 3.41. The number of amides is 1. The monoisotopic (exact) mass is 223 g/mol. The first kappa shape index (κ1) is 12.0. The van der Waals surface area contributed by atoms with Gasteiger partial charge in [-0.15, -0.1) is 0 Å². The molecule has 0 aliphatic heterocycles. The Bertz CT molecular complexity index is 367. The lowest BCUT2D eigenvalue weighted by Crippen LogP contribution is -2.28. The molecular formula is C11H13NO4. The van der Waals surface area contributed by atoms with Crippen molar-refractivity contribution in [2.45, 2.75) is 6.92 Å². The minimum atomic E-state index is -0.581. The van der Waals surface area contributed by atoms with Crippen molar-refractivity contribution in [3.8, 4) is 0 Å². The maximum atomic E-state index is 11.1. The van der Waals surface area contributed by atoms with Gasteiger partial charge in [0.2, 0.25) is 0 Å². The molecule has 1 N–H and O–H groups in total. The summed E-state index contributed by atoms with van der Waals surface area (Å²) >= 11 is 0. The van der Waals surface area contributed by atoms with Crippen LogP contribution in [0.1, 0.15) is 12.7 Å². The summed E-state index contributed by atoms with van der Waals surface area (Å²) in [4.78, 5) is 22.1. The van der Waals surface area contributed by atoms with Gasteiger partial charge >= 0.3 is 5.97 Å². The number of likely N-dealkylation sites (N-methyl/N-ethyl adjacent to an activating group) is 1. The lowest BCUT2D eigenvalue weighted by atomic mass is 10.4. The Morgan fingerprint density at radius 1 is 1.56 bits per heavy atom. The summed E-state index contributed by atoms with van der Waals surface area (Å²) in [7, 11) is 0. The van der Waals surface area contributed by atoms with Gasteiger partial charge in [0.25, 0.3) is 5.91 Å². The summed E-state index contributed by atoms with van der Waals surface area (Å²) < 4.78 is 9.65. The second-order valence-corrected chi connectivity index (χ2v) is 2.91. The highest BCUT2D eigenvalue weighted by Gasteiger charge is 2.03. The molecule has 5 nitrogen and oxygen atoms in total. The molecule has 1 heterocycles. The SMILES string of the molecule is CCNC(=O)COC(=O)C=Cc1ccco1. The van der Waals surface area contributed by atoms with Crippen LogP contribution < -0.4 is 5.32 Å². The summed E-state index contributed by atoms with van der Waals surface area (Å²) in [5, 5.41) is 2.51. The third kappa shape index (κ3) is 4.45. The van der Waals surface area contributed by atoms with Crippen LogP contribution in [0, 0.1) is 0 Å². The number of furan rings is 1. The fraction of sp³-hybridized carbons (Fsp3) is 0.273. The van der Waals surface area contributed by atoms with Crippen LogP contribution in [0.15, 0.2) is 28.9 Å². The molecule has 0 radical (unpaired) electrons. The minimum Gasteiger partial charge on any atom is -0.465 e. The number of hydrogen-bond donors (Lipinski definition) is 1. The van der Waals surface area contributed by atoms with E-state index in [1.807, 2.05) is 0 Å². The second-order valence-electron chi connectivity index (χ2n) is 2.91. The van der Waals surface area contributed by atoms with Crippen LogP contribution in [0.5, 0.6) is 0 Å². The standard InChI is InChI=1S/C11H13NO4/c1-2-12-10(13)8-16-11(14)6-5-9-4-3-7-15-9/h3-7H,2,8H2,1H3,(H,12,13). The van der Waals surface area contributed by atoms with E-state index in [1.54, 1.807) is 19.1 Å². The highest BCUT2D eigenvalue weighted by molar-refractivity contribution is 5.88. The van der Waals surface area contributed by atoms with Gasteiger partial charge < -0.3 is 14.5 Å². The average Bonchev–Trinajstić information content (AvgIpc) is 2.77. The van der Waals surface area contributed by atoms with Crippen molar-refractivity contribution in [1.82, 2.24) is 5.32 Å². The summed E-state index contributed by atoms with van der Waals surface area (Å²) in [6.07, 6.45) is 4.18. The van der Waals surface area contributed by atoms with Gasteiger partial charge in [-0.1, -0.05) is 0 Å². The lowest BCUT2D eigenvalue weighted by molar-refractivity contribution is -0.143. The predicted molar refractivity (Wildman–Crippen MR) is 57.4 cm³/mol. The van der Waals surface area contributed by atoms with E-state index in [1.165, 1.54) is 18.4 Å². The van der Waals surface area contributed by atoms with E-state index >= 15 is 0 Å². The maximum absolute atomic E-state index is 11.1. The fourth-order valence-electron chi connectivity index (χ4n) is 0.969. The van der Waals surface area contributed by atoms with Gasteiger partial charge in [-0.3, -0.25) is 4.79 Å². The molecule has 0 aliphatic carbocycles. The van der Waals surface area contributed by atoms with E-state index in [0.29, 0.717) is 12.3 Å². The van der Waals surface area contributed by atoms with Crippen molar-refractivity contribution >= 4 is 18.0 Å². The van der Waals surface area contributed by atoms with Crippen molar-refractivity contribution in [2.75, 3.05) is 13.2 Å². The summed E-state index contributed by atoms with van der Waals surface area (Å²) in [5.74, 6) is -0.347. The van der Waals surface area contributed by atoms with Crippen LogP contribution in [0.25, 0.3) is 6.08 Å². The molecule has 0 bridgehead atoms. The Morgan fingerprint density at radius 2 is 2.38 bits per heavy atom. The molecule has 0 unspecified atom stereocenters. The number of hydrogen-bond acceptors (Lipinski definition) is 4. The third-order valence-electron chi connectivity index (χ3n) is 1.65. The topological polar surface area (TPSA) is 68.5 Å². The van der Waals surface area contributed by atoms with Gasteiger partial charge in [-0.25, -0.2) is 4.79 Å². The average molecular weight is 223 g/mol. The first-order chi connectivity index (χ1) is 7.72. The molecule has 0 saturated heterocycles. The van der Waals surface area contributed by atoms with Gasteiger partial charge in [0, 0.05) is 12.6 Å². The van der Waals surface area contributed by atoms with E-state index < -0.39 is 5.97 Å². The number of ether oxygens (including phenoxy) is 1. The normalized spacial score (nSPS) is 10.3. The highest BCUT2D eigenvalue weighted by Crippen LogP contribution is 2.02. The molecule has 1 rings (SSSR count). The Kier molecular flexibility index (Phi) is 4.85. The van der Waals surface area contributed by atoms with Crippen molar-refractivity contribution in [3.63, 3.8) is 0 Å². The predicted octanol–water partition coefficient (Wildman–Crippen LogP) is 0.972. The third-order valence-corrected chi connectivity index (χ3v) is 1.65. The molecule has 0 atom stereocenters. The first-order valence-corrected chi connectivity index (χ1v) is 4.87. The minimum absolute atomic E-state index is 0.269. The van der Waals surface area contributed by atoms with E-state index in [9.17, 15) is 9.59 Å². The molecule has 0 aromatic carbocycles. The molecule has 86 valence electrons. The van der Waals surface area contributed by atoms with E-state index in [-0.39, 0.29) is 12.5 Å². The van der Waals surface area contributed by atoms with Crippen molar-refractivity contribution in [3.05, 3.63) is 30.2 Å². The molecule has 5 heteroatoms. The Hall–Kier alpha value is -2.04. The number of rotatable bonds is 5. The van der Waals surface area contributed by atoms with Crippen LogP contribution in [0.3, 0.4) is 0 Å². The van der Waals surface area contributed by atoms with Crippen LogP contribution >= 0.6 is 0 Å². The fourth-order valence-corrected chi connectivity index (χ4v) is 0.969. The largest absolute Gasteiger partial charge is 0.465 e. The van der Waals surface area contributed by atoms with Crippen LogP contribution in [0.2, 0.25) is 0 Å². The quantitative estimate of drug-likeness (QED) is 0.596. The smallest absolute Gasteiger partial charge is 0.331 e. The van der Waals surface area contributed by atoms with Gasteiger partial charge in [-0.2, -0.15) is 0 Å².